The van der Waals surface area contributed by atoms with Crippen LogP contribution in [0.15, 0.2) is 6.20 Å². The fourth-order valence-electron chi connectivity index (χ4n) is 2.23. The molecule has 0 aliphatic carbocycles. The van der Waals surface area contributed by atoms with Crippen LogP contribution in [0, 0.1) is 13.8 Å². The number of nitrogens with two attached hydrogens (primary N) is 1. The van der Waals surface area contributed by atoms with Gasteiger partial charge in [0, 0.05) is 11.9 Å². The highest BCUT2D eigenvalue weighted by molar-refractivity contribution is 5.93. The third-order valence-electron chi connectivity index (χ3n) is 3.27. The van der Waals surface area contributed by atoms with E-state index in [9.17, 15) is 9.90 Å². The Balaban J connectivity index is 2.94. The van der Waals surface area contributed by atoms with Crippen molar-refractivity contribution in [3.05, 3.63) is 28.7 Å². The Morgan fingerprint density at radius 3 is 2.56 bits per heavy atom. The molecule has 0 fully saturated rings. The number of carbonyl (C=O) groups is 1. The molecule has 0 atom stereocenters. The second-order valence-electron chi connectivity index (χ2n) is 4.81. The minimum Gasteiger partial charge on any atom is -0.478 e. The highest BCUT2D eigenvalue weighted by Gasteiger charge is 2.21. The second-order valence-corrected chi connectivity index (χ2v) is 4.81. The van der Waals surface area contributed by atoms with Crippen LogP contribution in [-0.2, 0) is 0 Å². The Kier molecular flexibility index (Phi) is 2.77. The standard InChI is InChI=1S/C13H17N3O2/c1-6(2)10-9(13(17)18)5-16-8(4)7(3)15-12(16)11(10)14/h5-6H,14H2,1-4H3,(H,17,18). The smallest absolute Gasteiger partial charge is 0.337 e. The summed E-state index contributed by atoms with van der Waals surface area (Å²) in [6.45, 7) is 7.64. The highest BCUT2D eigenvalue weighted by Crippen LogP contribution is 2.30. The van der Waals surface area contributed by atoms with Gasteiger partial charge in [-0.05, 0) is 25.3 Å². The van der Waals surface area contributed by atoms with Crippen LogP contribution < -0.4 is 5.73 Å². The molecule has 0 unspecified atom stereocenters. The van der Waals surface area contributed by atoms with E-state index in [0.717, 1.165) is 11.4 Å². The largest absolute Gasteiger partial charge is 0.478 e. The first-order chi connectivity index (χ1) is 8.34. The normalized spacial score (nSPS) is 11.4. The summed E-state index contributed by atoms with van der Waals surface area (Å²) in [7, 11) is 0. The first kappa shape index (κ1) is 12.4. The van der Waals surface area contributed by atoms with Crippen LogP contribution in [-0.4, -0.2) is 20.5 Å². The quantitative estimate of drug-likeness (QED) is 0.853. The van der Waals surface area contributed by atoms with Crippen molar-refractivity contribution in [3.63, 3.8) is 0 Å². The maximum Gasteiger partial charge on any atom is 0.337 e. The Labute approximate surface area is 105 Å². The fraction of sp³-hybridized carbons (Fsp3) is 0.385. The molecule has 2 aromatic rings. The molecule has 0 spiro atoms. The maximum atomic E-state index is 11.4. The van der Waals surface area contributed by atoms with Gasteiger partial charge in [0.2, 0.25) is 0 Å². The molecule has 5 nitrogen and oxygen atoms in total. The molecule has 0 aliphatic rings. The molecule has 96 valence electrons. The van der Waals surface area contributed by atoms with Crippen LogP contribution in [0.2, 0.25) is 0 Å². The summed E-state index contributed by atoms with van der Waals surface area (Å²) in [5.41, 5.74) is 9.86. The van der Waals surface area contributed by atoms with E-state index in [4.69, 9.17) is 5.73 Å². The maximum absolute atomic E-state index is 11.4. The molecule has 2 heterocycles. The van der Waals surface area contributed by atoms with E-state index in [1.165, 1.54) is 0 Å². The van der Waals surface area contributed by atoms with Gasteiger partial charge in [-0.3, -0.25) is 0 Å². The summed E-state index contributed by atoms with van der Waals surface area (Å²) < 4.78 is 1.75. The van der Waals surface area contributed by atoms with E-state index in [0.29, 0.717) is 16.9 Å². The van der Waals surface area contributed by atoms with Gasteiger partial charge in [0.05, 0.1) is 16.9 Å². The number of rotatable bonds is 2. The molecule has 2 rings (SSSR count). The first-order valence-corrected chi connectivity index (χ1v) is 5.85. The Morgan fingerprint density at radius 2 is 2.06 bits per heavy atom. The van der Waals surface area contributed by atoms with Gasteiger partial charge in [0.1, 0.15) is 0 Å². The van der Waals surface area contributed by atoms with E-state index in [1.807, 2.05) is 27.7 Å². The Morgan fingerprint density at radius 1 is 1.44 bits per heavy atom. The summed E-state index contributed by atoms with van der Waals surface area (Å²) in [5.74, 6) is -0.920. The van der Waals surface area contributed by atoms with Crippen molar-refractivity contribution in [1.29, 1.82) is 0 Å². The van der Waals surface area contributed by atoms with Gasteiger partial charge < -0.3 is 15.2 Å². The summed E-state index contributed by atoms with van der Waals surface area (Å²) >= 11 is 0. The Hall–Kier alpha value is -2.04. The minimum atomic E-state index is -0.960. The van der Waals surface area contributed by atoms with E-state index in [1.54, 1.807) is 10.6 Å². The van der Waals surface area contributed by atoms with Gasteiger partial charge in [-0.2, -0.15) is 0 Å². The van der Waals surface area contributed by atoms with Crippen LogP contribution >= 0.6 is 0 Å². The molecule has 0 radical (unpaired) electrons. The fourth-order valence-corrected chi connectivity index (χ4v) is 2.23. The van der Waals surface area contributed by atoms with Crippen molar-refractivity contribution in [2.45, 2.75) is 33.6 Å². The lowest BCUT2D eigenvalue weighted by Crippen LogP contribution is -2.11. The number of hydrogen-bond acceptors (Lipinski definition) is 3. The van der Waals surface area contributed by atoms with Gasteiger partial charge in [-0.15, -0.1) is 0 Å². The van der Waals surface area contributed by atoms with Crippen LogP contribution in [0.25, 0.3) is 5.65 Å². The lowest BCUT2D eigenvalue weighted by molar-refractivity contribution is 0.0694. The average Bonchev–Trinajstić information content (AvgIpc) is 2.55. The van der Waals surface area contributed by atoms with E-state index in [2.05, 4.69) is 4.98 Å². The number of pyridine rings is 1. The number of nitrogen functional groups attached to an aromatic ring is 1. The van der Waals surface area contributed by atoms with Crippen LogP contribution in [0.3, 0.4) is 0 Å². The van der Waals surface area contributed by atoms with E-state index in [-0.39, 0.29) is 11.5 Å². The number of aryl methyl sites for hydroxylation is 2. The summed E-state index contributed by atoms with van der Waals surface area (Å²) in [6.07, 6.45) is 1.61. The zero-order chi connectivity index (χ0) is 13.6. The van der Waals surface area contributed by atoms with Crippen LogP contribution in [0.1, 0.15) is 47.1 Å². The van der Waals surface area contributed by atoms with Gasteiger partial charge in [-0.1, -0.05) is 13.8 Å². The van der Waals surface area contributed by atoms with Gasteiger partial charge in [0.25, 0.3) is 0 Å². The predicted octanol–water partition coefficient (Wildman–Crippen LogP) is 2.35. The topological polar surface area (TPSA) is 80.6 Å². The van der Waals surface area contributed by atoms with Crippen molar-refractivity contribution < 1.29 is 9.90 Å². The summed E-state index contributed by atoms with van der Waals surface area (Å²) in [5, 5.41) is 9.31. The molecule has 18 heavy (non-hydrogen) atoms. The van der Waals surface area contributed by atoms with Crippen molar-refractivity contribution in [3.8, 4) is 0 Å². The van der Waals surface area contributed by atoms with Crippen molar-refractivity contribution in [1.82, 2.24) is 9.38 Å². The van der Waals surface area contributed by atoms with Gasteiger partial charge >= 0.3 is 5.97 Å². The number of aromatic carboxylic acids is 1. The molecule has 0 aromatic carbocycles. The third kappa shape index (κ3) is 1.63. The summed E-state index contributed by atoms with van der Waals surface area (Å²) in [4.78, 5) is 15.8. The molecule has 0 saturated heterocycles. The number of hydrogen-bond donors (Lipinski definition) is 2. The molecule has 0 bridgehead atoms. The average molecular weight is 247 g/mol. The second kappa shape index (κ2) is 4.01. The molecule has 2 aromatic heterocycles. The molecule has 0 amide bonds. The zero-order valence-corrected chi connectivity index (χ0v) is 11.0. The molecule has 0 saturated carbocycles. The molecule has 3 N–H and O–H groups in total. The lowest BCUT2D eigenvalue weighted by Gasteiger charge is -2.14. The molecule has 5 heteroatoms. The number of carboxylic acid groups (broad SMARTS) is 1. The number of fused-ring (bicyclic) bond motifs is 1. The third-order valence-corrected chi connectivity index (χ3v) is 3.27. The van der Waals surface area contributed by atoms with Gasteiger partial charge in [0.15, 0.2) is 5.65 Å². The molecular formula is C13H17N3O2. The minimum absolute atomic E-state index is 0.0402. The van der Waals surface area contributed by atoms with Crippen LogP contribution in [0.4, 0.5) is 5.69 Å². The zero-order valence-electron chi connectivity index (χ0n) is 11.0. The van der Waals surface area contributed by atoms with E-state index < -0.39 is 5.97 Å². The number of aromatic nitrogens is 2. The van der Waals surface area contributed by atoms with Crippen molar-refractivity contribution in [2.24, 2.45) is 0 Å². The highest BCUT2D eigenvalue weighted by atomic mass is 16.4. The van der Waals surface area contributed by atoms with Crippen molar-refractivity contribution in [2.75, 3.05) is 5.73 Å². The Bertz CT molecular complexity index is 641. The SMILES string of the molecule is Cc1nc2c(N)c(C(C)C)c(C(=O)O)cn2c1C. The van der Waals surface area contributed by atoms with Crippen LogP contribution in [0.5, 0.6) is 0 Å². The number of anilines is 1. The summed E-state index contributed by atoms with van der Waals surface area (Å²) in [6, 6.07) is 0. The monoisotopic (exact) mass is 247 g/mol. The predicted molar refractivity (Wildman–Crippen MR) is 70.1 cm³/mol. The number of imidazole rings is 1. The van der Waals surface area contributed by atoms with E-state index >= 15 is 0 Å². The molecular weight excluding hydrogens is 230 g/mol. The van der Waals surface area contributed by atoms with Crippen molar-refractivity contribution >= 4 is 17.3 Å². The first-order valence-electron chi connectivity index (χ1n) is 5.85. The lowest BCUT2D eigenvalue weighted by atomic mass is 9.97. The number of carboxylic acids is 1. The number of nitrogens with zero attached hydrogens (tertiary/aromatic N) is 2. The molecule has 0 aliphatic heterocycles. The van der Waals surface area contributed by atoms with Gasteiger partial charge in [-0.25, -0.2) is 9.78 Å².